The second-order valence-corrected chi connectivity index (χ2v) is 5.90. The molecule has 0 atom stereocenters. The van der Waals surface area contributed by atoms with Gasteiger partial charge in [0, 0.05) is 11.8 Å². The normalized spacial score (nSPS) is 12.6. The molecule has 0 radical (unpaired) electrons. The van der Waals surface area contributed by atoms with E-state index in [1.54, 1.807) is 19.2 Å². The Balaban J connectivity index is 1.88. The molecule has 0 saturated heterocycles. The van der Waals surface area contributed by atoms with Crippen LogP contribution in [0.15, 0.2) is 59.9 Å². The molecule has 7 heteroatoms. The minimum Gasteiger partial charge on any atom is -0.491 e. The molecule has 2 aromatic heterocycles. The number of pyridine rings is 1. The van der Waals surface area contributed by atoms with Gasteiger partial charge in [0.25, 0.3) is 0 Å². The topological polar surface area (TPSA) is 65.2 Å². The summed E-state index contributed by atoms with van der Waals surface area (Å²) in [6.07, 6.45) is 1.69. The molecule has 26 heavy (non-hydrogen) atoms. The van der Waals surface area contributed by atoms with Crippen LogP contribution in [-0.4, -0.2) is 25.5 Å². The number of benzene rings is 1. The average Bonchev–Trinajstić information content (AvgIpc) is 2.97. The number of hydrogen-bond acceptors (Lipinski definition) is 5. The van der Waals surface area contributed by atoms with E-state index < -0.39 is 0 Å². The largest absolute Gasteiger partial charge is 0.491 e. The highest BCUT2D eigenvalue weighted by atomic mass is 19.1. The molecular formula is C19H16FN5O. The van der Waals surface area contributed by atoms with Crippen LogP contribution in [-0.2, 0) is 17.9 Å². The van der Waals surface area contributed by atoms with Gasteiger partial charge in [0.2, 0.25) is 0 Å². The summed E-state index contributed by atoms with van der Waals surface area (Å²) in [5.74, 6) is 1.50. The molecule has 0 bridgehead atoms. The van der Waals surface area contributed by atoms with Crippen LogP contribution in [0.3, 0.4) is 0 Å². The summed E-state index contributed by atoms with van der Waals surface area (Å²) in [4.78, 5) is 9.00. The van der Waals surface area contributed by atoms with E-state index in [0.29, 0.717) is 40.9 Å². The number of ether oxygens (including phenoxy) is 1. The number of allylic oxidation sites excluding steroid dienone is 1. The van der Waals surface area contributed by atoms with Crippen LogP contribution in [0, 0.1) is 5.82 Å². The smallest absolute Gasteiger partial charge is 0.175 e. The molecule has 3 heterocycles. The van der Waals surface area contributed by atoms with Crippen LogP contribution in [0.2, 0.25) is 0 Å². The maximum Gasteiger partial charge on any atom is 0.175 e. The number of halogens is 1. The molecule has 0 saturated carbocycles. The van der Waals surface area contributed by atoms with Gasteiger partial charge in [0.05, 0.1) is 22.9 Å². The number of rotatable bonds is 4. The van der Waals surface area contributed by atoms with Crippen LogP contribution < -0.4 is 0 Å². The summed E-state index contributed by atoms with van der Waals surface area (Å²) < 4.78 is 21.4. The van der Waals surface area contributed by atoms with Gasteiger partial charge in [-0.05, 0) is 37.3 Å². The zero-order chi connectivity index (χ0) is 18.1. The van der Waals surface area contributed by atoms with Gasteiger partial charge in [0.15, 0.2) is 11.6 Å². The van der Waals surface area contributed by atoms with Crippen molar-refractivity contribution >= 4 is 5.71 Å². The fourth-order valence-corrected chi connectivity index (χ4v) is 2.87. The highest BCUT2D eigenvalue weighted by molar-refractivity contribution is 6.14. The van der Waals surface area contributed by atoms with Crippen molar-refractivity contribution in [3.8, 4) is 5.69 Å². The monoisotopic (exact) mass is 349 g/mol. The third-order valence-corrected chi connectivity index (χ3v) is 3.99. The fourth-order valence-electron chi connectivity index (χ4n) is 2.87. The molecule has 0 fully saturated rings. The minimum atomic E-state index is -0.344. The molecule has 0 unspecified atom stereocenters. The third-order valence-electron chi connectivity index (χ3n) is 3.99. The second-order valence-electron chi connectivity index (χ2n) is 5.90. The molecule has 0 aliphatic carbocycles. The van der Waals surface area contributed by atoms with Gasteiger partial charge in [-0.15, -0.1) is 10.2 Å². The summed E-state index contributed by atoms with van der Waals surface area (Å²) in [6.45, 7) is 6.03. The van der Waals surface area contributed by atoms with Gasteiger partial charge in [-0.1, -0.05) is 12.6 Å². The van der Waals surface area contributed by atoms with Crippen LogP contribution in [0.25, 0.3) is 5.69 Å². The maximum atomic E-state index is 14.0. The SMILES string of the molecule is C=C(C)OCc1nnc2n1-c1ccc(F)cc1C(c1ccccn1)=NC2. The van der Waals surface area contributed by atoms with Crippen molar-refractivity contribution in [2.45, 2.75) is 20.1 Å². The molecule has 4 rings (SSSR count). The van der Waals surface area contributed by atoms with Crippen molar-refractivity contribution in [2.75, 3.05) is 0 Å². The van der Waals surface area contributed by atoms with Crippen molar-refractivity contribution in [2.24, 2.45) is 4.99 Å². The summed E-state index contributed by atoms with van der Waals surface area (Å²) in [5, 5.41) is 8.42. The van der Waals surface area contributed by atoms with Crippen LogP contribution in [0.1, 0.15) is 29.8 Å². The molecule has 0 amide bonds. The zero-order valence-corrected chi connectivity index (χ0v) is 14.2. The molecule has 3 aromatic rings. The summed E-state index contributed by atoms with van der Waals surface area (Å²) in [7, 11) is 0. The lowest BCUT2D eigenvalue weighted by atomic mass is 10.0. The highest BCUT2D eigenvalue weighted by Gasteiger charge is 2.24. The van der Waals surface area contributed by atoms with E-state index in [9.17, 15) is 4.39 Å². The first-order chi connectivity index (χ1) is 12.6. The Hall–Kier alpha value is -3.35. The van der Waals surface area contributed by atoms with E-state index in [2.05, 4.69) is 26.8 Å². The maximum absolute atomic E-state index is 14.0. The quantitative estimate of drug-likeness (QED) is 0.679. The van der Waals surface area contributed by atoms with Crippen molar-refractivity contribution in [1.29, 1.82) is 0 Å². The Labute approximate surface area is 149 Å². The van der Waals surface area contributed by atoms with E-state index in [-0.39, 0.29) is 12.4 Å². The standard InChI is InChI=1S/C19H16FN5O/c1-12(2)26-11-18-24-23-17-10-22-19(15-5-3-4-8-21-15)14-9-13(20)6-7-16(14)25(17)18/h3-9H,1,10-11H2,2H3. The third kappa shape index (κ3) is 2.88. The molecule has 130 valence electrons. The Kier molecular flexibility index (Phi) is 4.04. The lowest BCUT2D eigenvalue weighted by Gasteiger charge is -2.13. The van der Waals surface area contributed by atoms with Gasteiger partial charge in [-0.3, -0.25) is 14.5 Å². The molecule has 0 N–H and O–H groups in total. The van der Waals surface area contributed by atoms with Crippen molar-refractivity contribution in [1.82, 2.24) is 19.7 Å². The summed E-state index contributed by atoms with van der Waals surface area (Å²) >= 11 is 0. The van der Waals surface area contributed by atoms with E-state index in [1.165, 1.54) is 12.1 Å². The Morgan fingerprint density at radius 2 is 2.15 bits per heavy atom. The molecule has 6 nitrogen and oxygen atoms in total. The van der Waals surface area contributed by atoms with Crippen LogP contribution >= 0.6 is 0 Å². The highest BCUT2D eigenvalue weighted by Crippen LogP contribution is 2.26. The van der Waals surface area contributed by atoms with E-state index in [0.717, 1.165) is 5.69 Å². The number of fused-ring (bicyclic) bond motifs is 3. The molecule has 1 aliphatic heterocycles. The average molecular weight is 349 g/mol. The molecule has 1 aliphatic rings. The molecule has 0 spiro atoms. The Bertz CT molecular complexity index is 1010. The summed E-state index contributed by atoms with van der Waals surface area (Å²) in [6, 6.07) is 10.1. The second kappa shape index (κ2) is 6.51. The Morgan fingerprint density at radius 3 is 2.92 bits per heavy atom. The van der Waals surface area contributed by atoms with Gasteiger partial charge in [-0.25, -0.2) is 4.39 Å². The number of aliphatic imine (C=N–C) groups is 1. The number of hydrogen-bond donors (Lipinski definition) is 0. The predicted octanol–water partition coefficient (Wildman–Crippen LogP) is 3.20. The number of nitrogens with zero attached hydrogens (tertiary/aromatic N) is 5. The number of aromatic nitrogens is 4. The first-order valence-electron chi connectivity index (χ1n) is 8.11. The van der Waals surface area contributed by atoms with Crippen LogP contribution in [0.5, 0.6) is 0 Å². The van der Waals surface area contributed by atoms with E-state index in [1.807, 2.05) is 22.8 Å². The lowest BCUT2D eigenvalue weighted by Crippen LogP contribution is -2.11. The van der Waals surface area contributed by atoms with Gasteiger partial charge >= 0.3 is 0 Å². The minimum absolute atomic E-state index is 0.220. The first kappa shape index (κ1) is 16.1. The van der Waals surface area contributed by atoms with Gasteiger partial charge in [0.1, 0.15) is 19.0 Å². The van der Waals surface area contributed by atoms with Gasteiger partial charge < -0.3 is 4.74 Å². The molecule has 1 aromatic carbocycles. The Morgan fingerprint density at radius 1 is 1.27 bits per heavy atom. The van der Waals surface area contributed by atoms with Crippen molar-refractivity contribution in [3.05, 3.63) is 83.7 Å². The molecular weight excluding hydrogens is 333 g/mol. The fraction of sp³-hybridized carbons (Fsp3) is 0.158. The first-order valence-corrected chi connectivity index (χ1v) is 8.11. The van der Waals surface area contributed by atoms with Gasteiger partial charge in [-0.2, -0.15) is 0 Å². The summed E-state index contributed by atoms with van der Waals surface area (Å²) in [5.41, 5.74) is 2.68. The van der Waals surface area contributed by atoms with Crippen molar-refractivity contribution in [3.63, 3.8) is 0 Å². The van der Waals surface area contributed by atoms with E-state index >= 15 is 0 Å². The van der Waals surface area contributed by atoms with E-state index in [4.69, 9.17) is 4.74 Å². The predicted molar refractivity (Wildman–Crippen MR) is 94.5 cm³/mol. The zero-order valence-electron chi connectivity index (χ0n) is 14.2. The lowest BCUT2D eigenvalue weighted by molar-refractivity contribution is 0.193. The van der Waals surface area contributed by atoms with Crippen molar-refractivity contribution < 1.29 is 9.13 Å². The van der Waals surface area contributed by atoms with Crippen LogP contribution in [0.4, 0.5) is 4.39 Å².